The Morgan fingerprint density at radius 3 is 2.04 bits per heavy atom. The lowest BCUT2D eigenvalue weighted by Crippen LogP contribution is -2.36. The molecule has 3 amide bonds. The lowest BCUT2D eigenvalue weighted by molar-refractivity contribution is -0.119. The van der Waals surface area contributed by atoms with Gasteiger partial charge in [-0.05, 0) is 48.5 Å². The van der Waals surface area contributed by atoms with E-state index in [-0.39, 0.29) is 12.2 Å². The number of nitrogens with one attached hydrogen (secondary N) is 1. The average Bonchev–Trinajstić information content (AvgIpc) is 2.95. The predicted octanol–water partition coefficient (Wildman–Crippen LogP) is 2.40. The molecule has 134 valence electrons. The van der Waals surface area contributed by atoms with Crippen LogP contribution in [0.4, 0.5) is 10.5 Å². The Bertz CT molecular complexity index is 830. The first-order chi connectivity index (χ1) is 12.5. The molecule has 1 fully saturated rings. The predicted molar refractivity (Wildman–Crippen MR) is 94.7 cm³/mol. The van der Waals surface area contributed by atoms with Crippen molar-refractivity contribution in [1.82, 2.24) is 5.32 Å². The van der Waals surface area contributed by atoms with Crippen LogP contribution in [0.15, 0.2) is 48.5 Å². The largest absolute Gasteiger partial charge is 0.497 e. The van der Waals surface area contributed by atoms with E-state index in [9.17, 15) is 14.4 Å². The summed E-state index contributed by atoms with van der Waals surface area (Å²) in [6.45, 7) is 0. The zero-order valence-electron chi connectivity index (χ0n) is 14.4. The van der Waals surface area contributed by atoms with Gasteiger partial charge in [-0.15, -0.1) is 0 Å². The van der Waals surface area contributed by atoms with Gasteiger partial charge in [0, 0.05) is 17.7 Å². The average molecular weight is 354 g/mol. The van der Waals surface area contributed by atoms with Gasteiger partial charge in [0.05, 0.1) is 14.2 Å². The van der Waals surface area contributed by atoms with Crippen LogP contribution in [0.25, 0.3) is 0 Å². The van der Waals surface area contributed by atoms with Crippen LogP contribution in [0.5, 0.6) is 11.5 Å². The molecule has 0 bridgehead atoms. The van der Waals surface area contributed by atoms with Crippen molar-refractivity contribution < 1.29 is 23.9 Å². The number of hydrogen-bond acceptors (Lipinski definition) is 5. The standard InChI is InChI=1S/C19H18N2O5/c1-25-14-7-3-12(4-8-14)17(22)11-16-18(23)20-19(24)21(16)13-5-9-15(26-2)10-6-13/h3-10,16H,11H2,1-2H3,(H,20,23,24). The van der Waals surface area contributed by atoms with E-state index in [0.29, 0.717) is 22.7 Å². The minimum atomic E-state index is -0.898. The van der Waals surface area contributed by atoms with Crippen molar-refractivity contribution >= 4 is 23.4 Å². The number of rotatable bonds is 6. The monoisotopic (exact) mass is 354 g/mol. The van der Waals surface area contributed by atoms with E-state index in [4.69, 9.17) is 9.47 Å². The van der Waals surface area contributed by atoms with Crippen LogP contribution < -0.4 is 19.7 Å². The molecule has 2 aromatic rings. The lowest BCUT2D eigenvalue weighted by atomic mass is 10.0. The number of imide groups is 1. The van der Waals surface area contributed by atoms with Crippen LogP contribution in [0.3, 0.4) is 0 Å². The molecule has 1 N–H and O–H groups in total. The van der Waals surface area contributed by atoms with Crippen molar-refractivity contribution in [1.29, 1.82) is 0 Å². The van der Waals surface area contributed by atoms with Gasteiger partial charge in [-0.3, -0.25) is 19.8 Å². The Labute approximate surface area is 150 Å². The fourth-order valence-electron chi connectivity index (χ4n) is 2.80. The van der Waals surface area contributed by atoms with Gasteiger partial charge in [0.25, 0.3) is 5.91 Å². The van der Waals surface area contributed by atoms with Gasteiger partial charge in [0.15, 0.2) is 5.78 Å². The van der Waals surface area contributed by atoms with Crippen molar-refractivity contribution in [2.24, 2.45) is 0 Å². The number of nitrogens with zero attached hydrogens (tertiary/aromatic N) is 1. The molecule has 1 unspecified atom stereocenters. The summed E-state index contributed by atoms with van der Waals surface area (Å²) >= 11 is 0. The summed E-state index contributed by atoms with van der Waals surface area (Å²) in [7, 11) is 3.08. The molecule has 0 spiro atoms. The highest BCUT2D eigenvalue weighted by Gasteiger charge is 2.40. The van der Waals surface area contributed by atoms with Gasteiger partial charge in [0.1, 0.15) is 17.5 Å². The fraction of sp³-hybridized carbons (Fsp3) is 0.211. The SMILES string of the molecule is COc1ccc(C(=O)CC2C(=O)NC(=O)N2c2ccc(OC)cc2)cc1. The molecule has 3 rings (SSSR count). The highest BCUT2D eigenvalue weighted by Crippen LogP contribution is 2.26. The normalized spacial score (nSPS) is 16.4. The number of carbonyl (C=O) groups is 3. The molecule has 0 saturated carbocycles. The number of carbonyl (C=O) groups excluding carboxylic acids is 3. The van der Waals surface area contributed by atoms with E-state index in [1.807, 2.05) is 0 Å². The zero-order valence-corrected chi connectivity index (χ0v) is 14.4. The minimum Gasteiger partial charge on any atom is -0.497 e. The second-order valence-corrected chi connectivity index (χ2v) is 5.73. The van der Waals surface area contributed by atoms with Crippen LogP contribution in [0.1, 0.15) is 16.8 Å². The van der Waals surface area contributed by atoms with Crippen molar-refractivity contribution in [3.05, 3.63) is 54.1 Å². The molecule has 2 aromatic carbocycles. The zero-order chi connectivity index (χ0) is 18.7. The molecule has 0 aromatic heterocycles. The smallest absolute Gasteiger partial charge is 0.329 e. The Morgan fingerprint density at radius 1 is 0.962 bits per heavy atom. The van der Waals surface area contributed by atoms with Gasteiger partial charge < -0.3 is 9.47 Å². The molecular weight excluding hydrogens is 336 g/mol. The number of ether oxygens (including phenoxy) is 2. The Kier molecular flexibility index (Phi) is 4.88. The van der Waals surface area contributed by atoms with Crippen LogP contribution in [-0.4, -0.2) is 38.0 Å². The first-order valence-corrected chi connectivity index (χ1v) is 7.99. The van der Waals surface area contributed by atoms with E-state index in [0.717, 1.165) is 0 Å². The van der Waals surface area contributed by atoms with E-state index in [2.05, 4.69) is 5.32 Å². The molecule has 1 aliphatic rings. The van der Waals surface area contributed by atoms with Crippen molar-refractivity contribution in [2.45, 2.75) is 12.5 Å². The highest BCUT2D eigenvalue weighted by atomic mass is 16.5. The third-order valence-corrected chi connectivity index (χ3v) is 4.20. The summed E-state index contributed by atoms with van der Waals surface area (Å²) in [4.78, 5) is 38.2. The quantitative estimate of drug-likeness (QED) is 0.636. The third-order valence-electron chi connectivity index (χ3n) is 4.20. The van der Waals surface area contributed by atoms with Crippen LogP contribution in [0.2, 0.25) is 0 Å². The molecule has 0 aliphatic carbocycles. The van der Waals surface area contributed by atoms with Crippen molar-refractivity contribution in [2.75, 3.05) is 19.1 Å². The topological polar surface area (TPSA) is 84.9 Å². The molecule has 7 nitrogen and oxygen atoms in total. The first-order valence-electron chi connectivity index (χ1n) is 7.99. The molecule has 26 heavy (non-hydrogen) atoms. The summed E-state index contributed by atoms with van der Waals surface area (Å²) < 4.78 is 10.2. The molecule has 1 saturated heterocycles. The van der Waals surface area contributed by atoms with Gasteiger partial charge in [0.2, 0.25) is 0 Å². The summed E-state index contributed by atoms with van der Waals surface area (Å²) in [5, 5.41) is 2.26. The maximum Gasteiger partial charge on any atom is 0.329 e. The second kappa shape index (κ2) is 7.26. The van der Waals surface area contributed by atoms with Crippen LogP contribution >= 0.6 is 0 Å². The number of ketones is 1. The van der Waals surface area contributed by atoms with Crippen molar-refractivity contribution in [3.63, 3.8) is 0 Å². The van der Waals surface area contributed by atoms with Gasteiger partial charge in [-0.2, -0.15) is 0 Å². The van der Waals surface area contributed by atoms with Crippen molar-refractivity contribution in [3.8, 4) is 11.5 Å². The Hall–Kier alpha value is -3.35. The van der Waals surface area contributed by atoms with Crippen LogP contribution in [0, 0.1) is 0 Å². The highest BCUT2D eigenvalue weighted by molar-refractivity contribution is 6.16. The first kappa shape index (κ1) is 17.5. The van der Waals surface area contributed by atoms with Gasteiger partial charge in [-0.25, -0.2) is 4.79 Å². The Morgan fingerprint density at radius 2 is 1.50 bits per heavy atom. The van der Waals surface area contributed by atoms with E-state index in [1.165, 1.54) is 19.1 Å². The number of urea groups is 1. The van der Waals surface area contributed by atoms with Crippen LogP contribution in [-0.2, 0) is 4.79 Å². The molecule has 1 heterocycles. The third kappa shape index (κ3) is 3.37. The van der Waals surface area contributed by atoms with E-state index < -0.39 is 18.0 Å². The fourth-order valence-corrected chi connectivity index (χ4v) is 2.80. The summed E-state index contributed by atoms with van der Waals surface area (Å²) in [6, 6.07) is 11.9. The summed E-state index contributed by atoms with van der Waals surface area (Å²) in [5.74, 6) is 0.537. The minimum absolute atomic E-state index is 0.115. The van der Waals surface area contributed by atoms with E-state index >= 15 is 0 Å². The maximum absolute atomic E-state index is 12.6. The number of amides is 3. The second-order valence-electron chi connectivity index (χ2n) is 5.73. The number of hydrogen-bond donors (Lipinski definition) is 1. The van der Waals surface area contributed by atoms with Gasteiger partial charge in [-0.1, -0.05) is 0 Å². The van der Waals surface area contributed by atoms with Gasteiger partial charge >= 0.3 is 6.03 Å². The number of anilines is 1. The molecule has 0 radical (unpaired) electrons. The number of benzene rings is 2. The molecular formula is C19H18N2O5. The number of methoxy groups -OCH3 is 2. The number of Topliss-reactive ketones (excluding diaryl/α,β-unsaturated/α-hetero) is 1. The molecule has 7 heteroatoms. The molecule has 1 aliphatic heterocycles. The summed E-state index contributed by atoms with van der Waals surface area (Å²) in [5.41, 5.74) is 0.967. The van der Waals surface area contributed by atoms with E-state index in [1.54, 1.807) is 48.5 Å². The Balaban J connectivity index is 1.81. The maximum atomic E-state index is 12.6. The molecule has 1 atom stereocenters. The lowest BCUT2D eigenvalue weighted by Gasteiger charge is -2.21. The summed E-state index contributed by atoms with van der Waals surface area (Å²) in [6.07, 6.45) is -0.115.